The van der Waals surface area contributed by atoms with Gasteiger partial charge in [0.2, 0.25) is 0 Å². The summed E-state index contributed by atoms with van der Waals surface area (Å²) in [5, 5.41) is 5.51. The summed E-state index contributed by atoms with van der Waals surface area (Å²) < 4.78 is 1.20. The summed E-state index contributed by atoms with van der Waals surface area (Å²) >= 11 is 3.63. The van der Waals surface area contributed by atoms with E-state index in [1.165, 1.54) is 30.0 Å². The quantitative estimate of drug-likeness (QED) is 0.803. The molecule has 1 saturated carbocycles. The van der Waals surface area contributed by atoms with Gasteiger partial charge in [0.1, 0.15) is 4.34 Å². The Balaban J connectivity index is 1.80. The van der Waals surface area contributed by atoms with Crippen molar-refractivity contribution in [3.63, 3.8) is 0 Å². The highest BCUT2D eigenvalue weighted by Gasteiger charge is 2.23. The number of hydrogen-bond donors (Lipinski definition) is 1. The summed E-state index contributed by atoms with van der Waals surface area (Å²) in [6.07, 6.45) is 7.54. The van der Waals surface area contributed by atoms with E-state index in [1.807, 2.05) is 23.3 Å². The maximum Gasteiger partial charge on any atom is 0.149 e. The summed E-state index contributed by atoms with van der Waals surface area (Å²) in [5.74, 6) is 2.05. The average Bonchev–Trinajstić information content (AvgIpc) is 2.90. The van der Waals surface area contributed by atoms with Gasteiger partial charge in [-0.2, -0.15) is 0 Å². The van der Waals surface area contributed by atoms with Crippen molar-refractivity contribution in [1.29, 1.82) is 0 Å². The number of nitrogens with one attached hydrogen (secondary N) is 1. The predicted molar refractivity (Wildman–Crippen MR) is 67.6 cm³/mol. The topological polar surface area (TPSA) is 24.9 Å². The fraction of sp³-hybridized carbons (Fsp3) is 0.727. The van der Waals surface area contributed by atoms with E-state index in [2.05, 4.69) is 17.3 Å². The van der Waals surface area contributed by atoms with Crippen LogP contribution in [0.2, 0.25) is 0 Å². The standard InChI is InChI=1S/C11H18N2S2/c1-12-10(9-4-2-3-5-9)8-15-11-13-6-7-14-11/h6-7,9-10,12H,2-5,8H2,1H3. The second kappa shape index (κ2) is 5.87. The largest absolute Gasteiger partial charge is 0.316 e. The maximum absolute atomic E-state index is 4.30. The predicted octanol–water partition coefficient (Wildman–Crippen LogP) is 3.01. The van der Waals surface area contributed by atoms with Gasteiger partial charge in [-0.1, -0.05) is 24.6 Å². The first kappa shape index (κ1) is 11.4. The maximum atomic E-state index is 4.30. The molecule has 1 unspecified atom stereocenters. The molecule has 0 bridgehead atoms. The number of nitrogens with zero attached hydrogens (tertiary/aromatic N) is 1. The molecule has 0 spiro atoms. The first-order chi connectivity index (χ1) is 7.40. The van der Waals surface area contributed by atoms with Gasteiger partial charge in [0.05, 0.1) is 0 Å². The Hall–Kier alpha value is -0.0600. The lowest BCUT2D eigenvalue weighted by molar-refractivity contribution is 0.410. The summed E-state index contributed by atoms with van der Waals surface area (Å²) in [6, 6.07) is 0.668. The number of thiazole rings is 1. The van der Waals surface area contributed by atoms with Gasteiger partial charge in [-0.25, -0.2) is 4.98 Å². The molecule has 1 atom stereocenters. The highest BCUT2D eigenvalue weighted by molar-refractivity contribution is 8.01. The number of aromatic nitrogens is 1. The third-order valence-electron chi connectivity index (χ3n) is 3.14. The van der Waals surface area contributed by atoms with E-state index < -0.39 is 0 Å². The molecule has 4 heteroatoms. The summed E-state index contributed by atoms with van der Waals surface area (Å²) in [5.41, 5.74) is 0. The molecule has 84 valence electrons. The molecule has 1 aliphatic carbocycles. The van der Waals surface area contributed by atoms with Gasteiger partial charge in [-0.15, -0.1) is 11.3 Å². The fourth-order valence-electron chi connectivity index (χ4n) is 2.26. The molecule has 1 aliphatic rings. The van der Waals surface area contributed by atoms with E-state index in [0.717, 1.165) is 11.7 Å². The summed E-state index contributed by atoms with van der Waals surface area (Å²) in [6.45, 7) is 0. The highest BCUT2D eigenvalue weighted by atomic mass is 32.2. The minimum atomic E-state index is 0.668. The van der Waals surface area contributed by atoms with E-state index in [-0.39, 0.29) is 0 Å². The van der Waals surface area contributed by atoms with Crippen molar-refractivity contribution >= 4 is 23.1 Å². The molecule has 0 aliphatic heterocycles. The minimum Gasteiger partial charge on any atom is -0.316 e. The zero-order chi connectivity index (χ0) is 10.5. The van der Waals surface area contributed by atoms with E-state index in [9.17, 15) is 0 Å². The van der Waals surface area contributed by atoms with Crippen molar-refractivity contribution in [2.45, 2.75) is 36.1 Å². The third-order valence-corrected chi connectivity index (χ3v) is 5.22. The van der Waals surface area contributed by atoms with Gasteiger partial charge in [0, 0.05) is 23.4 Å². The molecule has 1 aromatic heterocycles. The average molecular weight is 242 g/mol. The SMILES string of the molecule is CNC(CSc1nccs1)C1CCCC1. The summed E-state index contributed by atoms with van der Waals surface area (Å²) in [7, 11) is 2.09. The van der Waals surface area contributed by atoms with Gasteiger partial charge < -0.3 is 5.32 Å². The van der Waals surface area contributed by atoms with E-state index in [4.69, 9.17) is 0 Å². The molecule has 0 amide bonds. The Labute approximate surface area is 99.9 Å². The third kappa shape index (κ3) is 3.20. The monoisotopic (exact) mass is 242 g/mol. The molecular formula is C11H18N2S2. The molecule has 1 fully saturated rings. The number of rotatable bonds is 5. The molecule has 1 N–H and O–H groups in total. The minimum absolute atomic E-state index is 0.668. The first-order valence-corrected chi connectivity index (χ1v) is 7.46. The van der Waals surface area contributed by atoms with Gasteiger partial charge in [0.15, 0.2) is 0 Å². The van der Waals surface area contributed by atoms with Crippen LogP contribution in [-0.4, -0.2) is 23.8 Å². The van der Waals surface area contributed by atoms with Crippen molar-refractivity contribution in [1.82, 2.24) is 10.3 Å². The van der Waals surface area contributed by atoms with Crippen LogP contribution in [0.1, 0.15) is 25.7 Å². The lowest BCUT2D eigenvalue weighted by Gasteiger charge is -2.21. The van der Waals surface area contributed by atoms with Crippen molar-refractivity contribution < 1.29 is 0 Å². The lowest BCUT2D eigenvalue weighted by atomic mass is 10.0. The zero-order valence-corrected chi connectivity index (χ0v) is 10.7. The molecule has 0 saturated heterocycles. The van der Waals surface area contributed by atoms with Crippen molar-refractivity contribution in [2.24, 2.45) is 5.92 Å². The Morgan fingerprint density at radius 2 is 2.40 bits per heavy atom. The molecule has 0 aromatic carbocycles. The zero-order valence-electron chi connectivity index (χ0n) is 9.11. The molecule has 2 nitrogen and oxygen atoms in total. The fourth-order valence-corrected chi connectivity index (χ4v) is 4.16. The lowest BCUT2D eigenvalue weighted by Crippen LogP contribution is -2.34. The van der Waals surface area contributed by atoms with Crippen molar-refractivity contribution in [3.05, 3.63) is 11.6 Å². The van der Waals surface area contributed by atoms with Crippen LogP contribution >= 0.6 is 23.1 Å². The summed E-state index contributed by atoms with van der Waals surface area (Å²) in [4.78, 5) is 4.30. The van der Waals surface area contributed by atoms with E-state index in [1.54, 1.807) is 11.3 Å². The molecule has 1 heterocycles. The van der Waals surface area contributed by atoms with Crippen LogP contribution < -0.4 is 5.32 Å². The highest BCUT2D eigenvalue weighted by Crippen LogP contribution is 2.31. The van der Waals surface area contributed by atoms with Crippen LogP contribution in [0, 0.1) is 5.92 Å². The Morgan fingerprint density at radius 1 is 1.60 bits per heavy atom. The Morgan fingerprint density at radius 3 is 3.00 bits per heavy atom. The second-order valence-corrected chi connectivity index (χ2v) is 6.21. The smallest absolute Gasteiger partial charge is 0.149 e. The molecular weight excluding hydrogens is 224 g/mol. The van der Waals surface area contributed by atoms with Gasteiger partial charge in [-0.05, 0) is 25.8 Å². The van der Waals surface area contributed by atoms with Crippen LogP contribution in [0.3, 0.4) is 0 Å². The second-order valence-electron chi connectivity index (χ2n) is 4.05. The van der Waals surface area contributed by atoms with Crippen LogP contribution in [0.4, 0.5) is 0 Å². The molecule has 2 rings (SSSR count). The van der Waals surface area contributed by atoms with E-state index >= 15 is 0 Å². The van der Waals surface area contributed by atoms with Crippen LogP contribution in [0.5, 0.6) is 0 Å². The van der Waals surface area contributed by atoms with Crippen molar-refractivity contribution in [3.8, 4) is 0 Å². The van der Waals surface area contributed by atoms with E-state index in [0.29, 0.717) is 6.04 Å². The van der Waals surface area contributed by atoms with Crippen LogP contribution in [-0.2, 0) is 0 Å². The van der Waals surface area contributed by atoms with Gasteiger partial charge in [0.25, 0.3) is 0 Å². The normalized spacial score (nSPS) is 19.5. The molecule has 1 aromatic rings. The number of thioether (sulfide) groups is 1. The Kier molecular flexibility index (Phi) is 4.47. The molecule has 15 heavy (non-hydrogen) atoms. The Bertz CT molecular complexity index is 268. The molecule has 0 radical (unpaired) electrons. The van der Waals surface area contributed by atoms with Crippen LogP contribution in [0.25, 0.3) is 0 Å². The van der Waals surface area contributed by atoms with Gasteiger partial charge in [-0.3, -0.25) is 0 Å². The number of hydrogen-bond acceptors (Lipinski definition) is 4. The van der Waals surface area contributed by atoms with Crippen LogP contribution in [0.15, 0.2) is 15.9 Å². The van der Waals surface area contributed by atoms with Crippen molar-refractivity contribution in [2.75, 3.05) is 12.8 Å². The first-order valence-electron chi connectivity index (χ1n) is 5.59. The van der Waals surface area contributed by atoms with Gasteiger partial charge >= 0.3 is 0 Å².